The second-order valence-electron chi connectivity index (χ2n) is 3.47. The molecule has 0 bridgehead atoms. The maximum Gasteiger partial charge on any atom is 0.219 e. The van der Waals surface area contributed by atoms with Crippen molar-refractivity contribution in [2.75, 3.05) is 39.3 Å². The van der Waals surface area contributed by atoms with E-state index in [1.807, 2.05) is 0 Å². The average molecular weight is 205 g/mol. The number of hydrogen-bond donors (Lipinski definition) is 2. The number of piperazine rings is 1. The summed E-state index contributed by atoms with van der Waals surface area (Å²) in [6.45, 7) is 4.04. The Hall–Kier alpha value is -0.170. The fourth-order valence-electron chi connectivity index (χ4n) is 1.58. The fraction of sp³-hybridized carbons (Fsp3) is 1.00. The highest BCUT2D eigenvalue weighted by atomic mass is 32.2. The summed E-state index contributed by atoms with van der Waals surface area (Å²) in [6, 6.07) is 0. The average Bonchev–Trinajstić information content (AvgIpc) is 2.02. The van der Waals surface area contributed by atoms with E-state index >= 15 is 0 Å². The summed E-state index contributed by atoms with van der Waals surface area (Å²) in [5.41, 5.74) is 0. The standard InChI is InChI=1S/C7H15N3O2S/c11-13(12,7-5-9-6-7)10-3-1-8-2-4-10/h7-9H,1-6H2. The van der Waals surface area contributed by atoms with Crippen molar-refractivity contribution >= 4 is 10.0 Å². The molecule has 2 saturated heterocycles. The van der Waals surface area contributed by atoms with Gasteiger partial charge in [-0.1, -0.05) is 0 Å². The van der Waals surface area contributed by atoms with Crippen molar-refractivity contribution in [3.8, 4) is 0 Å². The fourth-order valence-corrected chi connectivity index (χ4v) is 3.35. The van der Waals surface area contributed by atoms with Gasteiger partial charge in [0.1, 0.15) is 5.25 Å². The van der Waals surface area contributed by atoms with Crippen LogP contribution in [0.4, 0.5) is 0 Å². The first kappa shape index (κ1) is 9.39. The van der Waals surface area contributed by atoms with Gasteiger partial charge < -0.3 is 10.6 Å². The van der Waals surface area contributed by atoms with Gasteiger partial charge in [0.05, 0.1) is 0 Å². The van der Waals surface area contributed by atoms with Crippen LogP contribution in [0.1, 0.15) is 0 Å². The Morgan fingerprint density at radius 3 is 2.15 bits per heavy atom. The highest BCUT2D eigenvalue weighted by Crippen LogP contribution is 2.13. The molecule has 0 spiro atoms. The van der Waals surface area contributed by atoms with Crippen molar-refractivity contribution in [3.05, 3.63) is 0 Å². The SMILES string of the molecule is O=S(=O)(C1CNC1)N1CCNCC1. The third-order valence-electron chi connectivity index (χ3n) is 2.60. The van der Waals surface area contributed by atoms with Gasteiger partial charge in [-0.2, -0.15) is 4.31 Å². The minimum Gasteiger partial charge on any atom is -0.314 e. The summed E-state index contributed by atoms with van der Waals surface area (Å²) in [6.07, 6.45) is 0. The molecule has 2 fully saturated rings. The van der Waals surface area contributed by atoms with E-state index < -0.39 is 10.0 Å². The summed E-state index contributed by atoms with van der Waals surface area (Å²) in [5.74, 6) is 0. The van der Waals surface area contributed by atoms with E-state index in [2.05, 4.69) is 10.6 Å². The monoisotopic (exact) mass is 205 g/mol. The molecule has 76 valence electrons. The third kappa shape index (κ3) is 1.71. The molecular weight excluding hydrogens is 190 g/mol. The molecule has 0 aliphatic carbocycles. The first-order chi connectivity index (χ1) is 6.21. The smallest absolute Gasteiger partial charge is 0.219 e. The van der Waals surface area contributed by atoms with E-state index in [0.29, 0.717) is 26.2 Å². The molecule has 2 aliphatic rings. The Bertz CT molecular complexity index is 267. The number of hydrogen-bond acceptors (Lipinski definition) is 4. The summed E-state index contributed by atoms with van der Waals surface area (Å²) in [5, 5.41) is 5.95. The maximum atomic E-state index is 11.8. The highest BCUT2D eigenvalue weighted by molar-refractivity contribution is 7.89. The van der Waals surface area contributed by atoms with E-state index in [1.54, 1.807) is 4.31 Å². The Kier molecular flexibility index (Phi) is 2.55. The molecule has 0 aromatic heterocycles. The van der Waals surface area contributed by atoms with E-state index in [4.69, 9.17) is 0 Å². The van der Waals surface area contributed by atoms with Gasteiger partial charge in [-0.25, -0.2) is 8.42 Å². The third-order valence-corrected chi connectivity index (χ3v) is 4.86. The molecule has 5 nitrogen and oxygen atoms in total. The van der Waals surface area contributed by atoms with Crippen LogP contribution in [0.3, 0.4) is 0 Å². The van der Waals surface area contributed by atoms with Crippen molar-refractivity contribution in [1.82, 2.24) is 14.9 Å². The molecule has 0 unspecified atom stereocenters. The van der Waals surface area contributed by atoms with Crippen molar-refractivity contribution in [2.24, 2.45) is 0 Å². The summed E-state index contributed by atoms with van der Waals surface area (Å²) < 4.78 is 25.3. The molecule has 0 radical (unpaired) electrons. The van der Waals surface area contributed by atoms with Crippen LogP contribution < -0.4 is 10.6 Å². The molecular formula is C7H15N3O2S. The van der Waals surface area contributed by atoms with Crippen LogP contribution in [0.15, 0.2) is 0 Å². The quantitative estimate of drug-likeness (QED) is 0.558. The lowest BCUT2D eigenvalue weighted by molar-refractivity contribution is 0.346. The second-order valence-corrected chi connectivity index (χ2v) is 5.69. The molecule has 0 saturated carbocycles. The van der Waals surface area contributed by atoms with Gasteiger partial charge in [-0.05, 0) is 0 Å². The van der Waals surface area contributed by atoms with Crippen LogP contribution >= 0.6 is 0 Å². The Balaban J connectivity index is 2.03. The maximum absolute atomic E-state index is 11.8. The number of sulfonamides is 1. The molecule has 2 aliphatic heterocycles. The molecule has 2 rings (SSSR count). The summed E-state index contributed by atoms with van der Waals surface area (Å²) in [4.78, 5) is 0. The topological polar surface area (TPSA) is 61.4 Å². The van der Waals surface area contributed by atoms with Gasteiger partial charge in [0, 0.05) is 39.3 Å². The van der Waals surface area contributed by atoms with Gasteiger partial charge in [0.25, 0.3) is 0 Å². The Morgan fingerprint density at radius 1 is 1.08 bits per heavy atom. The van der Waals surface area contributed by atoms with E-state index in [1.165, 1.54) is 0 Å². The van der Waals surface area contributed by atoms with Crippen LogP contribution in [0.5, 0.6) is 0 Å². The largest absolute Gasteiger partial charge is 0.314 e. The van der Waals surface area contributed by atoms with Gasteiger partial charge in [-0.15, -0.1) is 0 Å². The number of rotatable bonds is 2. The van der Waals surface area contributed by atoms with E-state index in [0.717, 1.165) is 13.1 Å². The normalized spacial score (nSPS) is 27.1. The predicted octanol–water partition coefficient (Wildman–Crippen LogP) is -1.81. The molecule has 0 atom stereocenters. The first-order valence-corrected chi connectivity index (χ1v) is 6.12. The van der Waals surface area contributed by atoms with Gasteiger partial charge in [0.2, 0.25) is 10.0 Å². The molecule has 0 amide bonds. The van der Waals surface area contributed by atoms with Crippen molar-refractivity contribution in [2.45, 2.75) is 5.25 Å². The molecule has 2 heterocycles. The van der Waals surface area contributed by atoms with Crippen LogP contribution in [-0.4, -0.2) is 57.2 Å². The number of nitrogens with zero attached hydrogens (tertiary/aromatic N) is 1. The van der Waals surface area contributed by atoms with Gasteiger partial charge in [-0.3, -0.25) is 0 Å². The van der Waals surface area contributed by atoms with Gasteiger partial charge in [0.15, 0.2) is 0 Å². The molecule has 0 aromatic rings. The van der Waals surface area contributed by atoms with Crippen LogP contribution in [0.2, 0.25) is 0 Å². The number of nitrogens with one attached hydrogen (secondary N) is 2. The Labute approximate surface area is 78.5 Å². The van der Waals surface area contributed by atoms with Crippen LogP contribution in [0.25, 0.3) is 0 Å². The first-order valence-electron chi connectivity index (χ1n) is 4.61. The van der Waals surface area contributed by atoms with Crippen LogP contribution in [0, 0.1) is 0 Å². The van der Waals surface area contributed by atoms with E-state index in [-0.39, 0.29) is 5.25 Å². The minimum absolute atomic E-state index is 0.175. The van der Waals surface area contributed by atoms with Crippen LogP contribution in [-0.2, 0) is 10.0 Å². The highest BCUT2D eigenvalue weighted by Gasteiger charge is 2.36. The molecule has 0 aromatic carbocycles. The zero-order valence-electron chi connectivity index (χ0n) is 7.49. The lowest BCUT2D eigenvalue weighted by Crippen LogP contribution is -2.58. The second kappa shape index (κ2) is 3.53. The lowest BCUT2D eigenvalue weighted by atomic mass is 10.3. The lowest BCUT2D eigenvalue weighted by Gasteiger charge is -2.34. The minimum atomic E-state index is -2.99. The predicted molar refractivity (Wildman–Crippen MR) is 50.0 cm³/mol. The van der Waals surface area contributed by atoms with Crippen molar-refractivity contribution in [3.63, 3.8) is 0 Å². The summed E-state index contributed by atoms with van der Waals surface area (Å²) >= 11 is 0. The van der Waals surface area contributed by atoms with Crippen molar-refractivity contribution in [1.29, 1.82) is 0 Å². The zero-order valence-corrected chi connectivity index (χ0v) is 8.31. The zero-order chi connectivity index (χ0) is 9.31. The Morgan fingerprint density at radius 2 is 1.69 bits per heavy atom. The molecule has 2 N–H and O–H groups in total. The van der Waals surface area contributed by atoms with E-state index in [9.17, 15) is 8.42 Å². The molecule has 6 heteroatoms. The van der Waals surface area contributed by atoms with Crippen molar-refractivity contribution < 1.29 is 8.42 Å². The molecule has 13 heavy (non-hydrogen) atoms. The summed E-state index contributed by atoms with van der Waals surface area (Å²) in [7, 11) is -2.99. The van der Waals surface area contributed by atoms with Gasteiger partial charge >= 0.3 is 0 Å².